The van der Waals surface area contributed by atoms with E-state index in [2.05, 4.69) is 76.4 Å². The molecule has 0 fully saturated rings. The first-order chi connectivity index (χ1) is 10.1. The Labute approximate surface area is 128 Å². The molecule has 0 radical (unpaired) electrons. The number of rotatable bonds is 2. The number of hydrogen-bond donors (Lipinski definition) is 0. The Morgan fingerprint density at radius 1 is 1.19 bits per heavy atom. The van der Waals surface area contributed by atoms with E-state index in [1.54, 1.807) is 0 Å². The first-order valence-electron chi connectivity index (χ1n) is 7.52. The normalized spacial score (nSPS) is 20.1. The number of hydrogen-bond acceptors (Lipinski definition) is 0. The monoisotopic (exact) mass is 276 g/mol. The fourth-order valence-electron chi connectivity index (χ4n) is 2.90. The quantitative estimate of drug-likeness (QED) is 0.755. The molecule has 108 valence electrons. The summed E-state index contributed by atoms with van der Waals surface area (Å²) in [7, 11) is 0. The SMILES string of the molecule is C=C1/C=C\CC(/C=C\C)=c2\c(c(/C(C)=C/C)ccc2=C)C1. The second-order valence-corrected chi connectivity index (χ2v) is 5.56. The summed E-state index contributed by atoms with van der Waals surface area (Å²) in [5, 5.41) is 2.41. The molecule has 0 aliphatic heterocycles. The molecule has 1 aliphatic rings. The molecule has 0 N–H and O–H groups in total. The summed E-state index contributed by atoms with van der Waals surface area (Å²) in [5.74, 6) is 0. The summed E-state index contributed by atoms with van der Waals surface area (Å²) in [6, 6.07) is 4.33. The van der Waals surface area contributed by atoms with E-state index < -0.39 is 0 Å². The Hall–Kier alpha value is -2.08. The maximum Gasteiger partial charge on any atom is -0.00194 e. The molecular formula is C21H24. The minimum atomic E-state index is 0.886. The zero-order valence-corrected chi connectivity index (χ0v) is 13.4. The van der Waals surface area contributed by atoms with Gasteiger partial charge in [0.2, 0.25) is 0 Å². The van der Waals surface area contributed by atoms with Crippen molar-refractivity contribution in [1.29, 1.82) is 0 Å². The van der Waals surface area contributed by atoms with Crippen molar-refractivity contribution in [1.82, 2.24) is 0 Å². The molecule has 1 aliphatic carbocycles. The summed E-state index contributed by atoms with van der Waals surface area (Å²) in [5.41, 5.74) is 6.49. The molecule has 2 rings (SSSR count). The van der Waals surface area contributed by atoms with E-state index in [4.69, 9.17) is 0 Å². The highest BCUT2D eigenvalue weighted by atomic mass is 14.2. The van der Waals surface area contributed by atoms with Gasteiger partial charge in [-0.1, -0.05) is 61.2 Å². The summed E-state index contributed by atoms with van der Waals surface area (Å²) in [6.45, 7) is 14.8. The van der Waals surface area contributed by atoms with Crippen molar-refractivity contribution in [2.24, 2.45) is 0 Å². The van der Waals surface area contributed by atoms with Gasteiger partial charge < -0.3 is 0 Å². The lowest BCUT2D eigenvalue weighted by molar-refractivity contribution is 1.13. The summed E-state index contributed by atoms with van der Waals surface area (Å²) in [6.07, 6.45) is 12.7. The minimum absolute atomic E-state index is 0.886. The van der Waals surface area contributed by atoms with Crippen LogP contribution in [-0.2, 0) is 6.42 Å². The first-order valence-corrected chi connectivity index (χ1v) is 7.52. The van der Waals surface area contributed by atoms with Crippen LogP contribution < -0.4 is 10.4 Å². The van der Waals surface area contributed by atoms with Crippen molar-refractivity contribution < 1.29 is 0 Å². The van der Waals surface area contributed by atoms with Gasteiger partial charge in [0.15, 0.2) is 0 Å². The maximum atomic E-state index is 4.26. The van der Waals surface area contributed by atoms with E-state index in [0.717, 1.165) is 23.6 Å². The van der Waals surface area contributed by atoms with Gasteiger partial charge in [-0.2, -0.15) is 0 Å². The molecule has 0 saturated carbocycles. The van der Waals surface area contributed by atoms with Crippen LogP contribution >= 0.6 is 0 Å². The first kappa shape index (κ1) is 15.3. The number of benzene rings is 1. The Bertz CT molecular complexity index is 752. The fourth-order valence-corrected chi connectivity index (χ4v) is 2.90. The molecule has 0 aromatic heterocycles. The van der Waals surface area contributed by atoms with Crippen molar-refractivity contribution in [3.63, 3.8) is 0 Å². The van der Waals surface area contributed by atoms with E-state index in [1.807, 2.05) is 0 Å². The van der Waals surface area contributed by atoms with Gasteiger partial charge in [-0.15, -0.1) is 0 Å². The molecule has 0 saturated heterocycles. The summed E-state index contributed by atoms with van der Waals surface area (Å²) < 4.78 is 0. The topological polar surface area (TPSA) is 0 Å². The Kier molecular flexibility index (Phi) is 4.80. The van der Waals surface area contributed by atoms with Crippen LogP contribution in [0.3, 0.4) is 0 Å². The van der Waals surface area contributed by atoms with E-state index in [1.165, 1.54) is 27.5 Å². The third kappa shape index (κ3) is 3.16. The lowest BCUT2D eigenvalue weighted by atomic mass is 9.89. The molecular weight excluding hydrogens is 252 g/mol. The van der Waals surface area contributed by atoms with E-state index in [9.17, 15) is 0 Å². The standard InChI is InChI=1S/C21H24/c1-6-9-18-11-8-10-15(3)14-20-19(16(4)7-2)13-12-17(5)21(18)20/h6-10,12-13H,3,5,11,14H2,1-2,4H3/b9-6-,10-8-,16-7+,21-18-. The van der Waals surface area contributed by atoms with Gasteiger partial charge >= 0.3 is 0 Å². The third-order valence-electron chi connectivity index (χ3n) is 4.04. The van der Waals surface area contributed by atoms with Crippen molar-refractivity contribution in [3.05, 3.63) is 76.2 Å². The van der Waals surface area contributed by atoms with Crippen LogP contribution in [0.25, 0.3) is 17.7 Å². The molecule has 1 aromatic rings. The minimum Gasteiger partial charge on any atom is -0.0955 e. The van der Waals surface area contributed by atoms with Crippen LogP contribution in [-0.4, -0.2) is 0 Å². The predicted molar refractivity (Wildman–Crippen MR) is 95.4 cm³/mol. The Balaban J connectivity index is 2.93. The Morgan fingerprint density at radius 3 is 2.62 bits per heavy atom. The molecule has 0 amide bonds. The molecule has 0 spiro atoms. The van der Waals surface area contributed by atoms with Crippen LogP contribution in [0, 0.1) is 0 Å². The molecule has 0 heterocycles. The molecule has 21 heavy (non-hydrogen) atoms. The molecule has 0 atom stereocenters. The van der Waals surface area contributed by atoms with Gasteiger partial charge in [-0.25, -0.2) is 0 Å². The van der Waals surface area contributed by atoms with Crippen LogP contribution in [0.4, 0.5) is 0 Å². The number of fused-ring (bicyclic) bond motifs is 1. The van der Waals surface area contributed by atoms with E-state index in [-0.39, 0.29) is 0 Å². The third-order valence-corrected chi connectivity index (χ3v) is 4.04. The van der Waals surface area contributed by atoms with Crippen molar-refractivity contribution in [3.8, 4) is 0 Å². The van der Waals surface area contributed by atoms with Crippen LogP contribution in [0.5, 0.6) is 0 Å². The van der Waals surface area contributed by atoms with Gasteiger partial charge in [-0.3, -0.25) is 0 Å². The zero-order chi connectivity index (χ0) is 15.4. The second kappa shape index (κ2) is 6.58. The van der Waals surface area contributed by atoms with Crippen molar-refractivity contribution in [2.45, 2.75) is 33.6 Å². The van der Waals surface area contributed by atoms with Crippen LogP contribution in [0.2, 0.25) is 0 Å². The summed E-state index contributed by atoms with van der Waals surface area (Å²) >= 11 is 0. The molecule has 0 unspecified atom stereocenters. The molecule has 0 bridgehead atoms. The Morgan fingerprint density at radius 2 is 1.95 bits per heavy atom. The van der Waals surface area contributed by atoms with Crippen LogP contribution in [0.15, 0.2) is 54.7 Å². The van der Waals surface area contributed by atoms with E-state index >= 15 is 0 Å². The van der Waals surface area contributed by atoms with Crippen molar-refractivity contribution >= 4 is 17.7 Å². The average molecular weight is 276 g/mol. The second-order valence-electron chi connectivity index (χ2n) is 5.56. The lowest BCUT2D eigenvalue weighted by Gasteiger charge is -2.16. The molecule has 1 aromatic carbocycles. The van der Waals surface area contributed by atoms with Crippen molar-refractivity contribution in [2.75, 3.05) is 0 Å². The fraction of sp³-hybridized carbons (Fsp3) is 0.238. The number of allylic oxidation sites excluding steroid dienone is 7. The van der Waals surface area contributed by atoms with Gasteiger partial charge in [0.1, 0.15) is 0 Å². The van der Waals surface area contributed by atoms with Crippen LogP contribution in [0.1, 0.15) is 38.3 Å². The van der Waals surface area contributed by atoms with E-state index in [0.29, 0.717) is 0 Å². The van der Waals surface area contributed by atoms with Gasteiger partial charge in [0, 0.05) is 0 Å². The average Bonchev–Trinajstić information content (AvgIpc) is 2.44. The van der Waals surface area contributed by atoms with Gasteiger partial charge in [-0.05, 0) is 66.3 Å². The molecule has 0 nitrogen and oxygen atoms in total. The highest BCUT2D eigenvalue weighted by molar-refractivity contribution is 5.70. The highest BCUT2D eigenvalue weighted by Gasteiger charge is 2.11. The smallest absolute Gasteiger partial charge is 0.00194 e. The molecule has 0 heteroatoms. The predicted octanol–water partition coefficient (Wildman–Crippen LogP) is 4.31. The maximum absolute atomic E-state index is 4.26. The highest BCUT2D eigenvalue weighted by Crippen LogP contribution is 2.21. The largest absolute Gasteiger partial charge is 0.0955 e. The van der Waals surface area contributed by atoms with Gasteiger partial charge in [0.05, 0.1) is 0 Å². The zero-order valence-electron chi connectivity index (χ0n) is 13.4. The lowest BCUT2D eigenvalue weighted by Crippen LogP contribution is -2.31. The summed E-state index contributed by atoms with van der Waals surface area (Å²) in [4.78, 5) is 0. The van der Waals surface area contributed by atoms with Gasteiger partial charge in [0.25, 0.3) is 0 Å².